The van der Waals surface area contributed by atoms with Gasteiger partial charge >= 0.3 is 0 Å². The van der Waals surface area contributed by atoms with Crippen LogP contribution in [0.15, 0.2) is 41.6 Å². The van der Waals surface area contributed by atoms with Gasteiger partial charge in [-0.25, -0.2) is 0 Å². The van der Waals surface area contributed by atoms with Crippen LogP contribution in [0.4, 0.5) is 0 Å². The summed E-state index contributed by atoms with van der Waals surface area (Å²) in [5.74, 6) is 0.670. The average molecular weight is 205 g/mol. The van der Waals surface area contributed by atoms with E-state index in [0.717, 1.165) is 30.5 Å². The van der Waals surface area contributed by atoms with E-state index in [1.54, 1.807) is 13.2 Å². The van der Waals surface area contributed by atoms with Crippen LogP contribution in [-0.2, 0) is 4.74 Å². The molecule has 1 atom stereocenters. The monoisotopic (exact) mass is 205 g/mol. The van der Waals surface area contributed by atoms with Crippen molar-refractivity contribution < 1.29 is 4.74 Å². The van der Waals surface area contributed by atoms with Crippen LogP contribution >= 0.6 is 0 Å². The highest BCUT2D eigenvalue weighted by molar-refractivity contribution is 6.11. The third-order valence-electron chi connectivity index (χ3n) is 2.55. The fourth-order valence-corrected chi connectivity index (χ4v) is 1.72. The van der Waals surface area contributed by atoms with Crippen LogP contribution in [-0.4, -0.2) is 18.9 Å². The Kier molecular flexibility index (Phi) is 4.35. The molecule has 1 rings (SSSR count). The summed E-state index contributed by atoms with van der Waals surface area (Å²) in [6, 6.07) is 0.399. The maximum Gasteiger partial charge on any atom is 0.120 e. The van der Waals surface area contributed by atoms with E-state index in [2.05, 4.69) is 31.2 Å². The minimum absolute atomic E-state index is 0.399. The maximum absolute atomic E-state index is 5.13. The number of nitrogens with zero attached hydrogens (tertiary/aromatic N) is 1. The Hall–Kier alpha value is -1.31. The lowest BCUT2D eigenvalue weighted by Crippen LogP contribution is -2.15. The Morgan fingerprint density at radius 2 is 2.47 bits per heavy atom. The summed E-state index contributed by atoms with van der Waals surface area (Å²) in [5.41, 5.74) is 1.89. The highest BCUT2D eigenvalue weighted by atomic mass is 16.5. The van der Waals surface area contributed by atoms with Crippen LogP contribution in [0, 0.1) is 0 Å². The first-order valence-electron chi connectivity index (χ1n) is 5.37. The van der Waals surface area contributed by atoms with Gasteiger partial charge in [0.25, 0.3) is 0 Å². The molecule has 82 valence electrons. The second-order valence-corrected chi connectivity index (χ2v) is 3.64. The van der Waals surface area contributed by atoms with E-state index < -0.39 is 0 Å². The predicted molar refractivity (Wildman–Crippen MR) is 65.2 cm³/mol. The molecule has 2 heteroatoms. The molecule has 1 aliphatic rings. The molecule has 2 nitrogen and oxygen atoms in total. The number of hydrogen-bond acceptors (Lipinski definition) is 2. The van der Waals surface area contributed by atoms with E-state index in [0.29, 0.717) is 11.8 Å². The minimum Gasteiger partial charge on any atom is -0.497 e. The number of allylic oxidation sites excluding steroid dienone is 2. The summed E-state index contributed by atoms with van der Waals surface area (Å²) in [5, 5.41) is 0. The van der Waals surface area contributed by atoms with Crippen LogP contribution in [0.5, 0.6) is 0 Å². The Balaban J connectivity index is 2.82. The summed E-state index contributed by atoms with van der Waals surface area (Å²) < 4.78 is 5.13. The van der Waals surface area contributed by atoms with Gasteiger partial charge in [-0.3, -0.25) is 4.99 Å². The van der Waals surface area contributed by atoms with Crippen LogP contribution in [0.25, 0.3) is 0 Å². The largest absolute Gasteiger partial charge is 0.497 e. The van der Waals surface area contributed by atoms with Gasteiger partial charge in [-0.2, -0.15) is 0 Å². The molecule has 0 saturated carbocycles. The number of aliphatic imine (C=N–C) groups is 1. The summed E-state index contributed by atoms with van der Waals surface area (Å²) in [6.45, 7) is 9.80. The van der Waals surface area contributed by atoms with E-state index >= 15 is 0 Å². The van der Waals surface area contributed by atoms with Gasteiger partial charge in [0.1, 0.15) is 5.76 Å². The van der Waals surface area contributed by atoms with Gasteiger partial charge in [0.2, 0.25) is 0 Å². The van der Waals surface area contributed by atoms with Crippen molar-refractivity contribution >= 4 is 5.71 Å². The van der Waals surface area contributed by atoms with Gasteiger partial charge in [0, 0.05) is 5.57 Å². The molecule has 0 aromatic rings. The standard InChI is InChI=1S/C13H19NO/c1-5-7-11-8-9-12(10(3)15-4)13(6-2)14-11/h6,9,11H,2-3,5,7-8H2,1,4H3. The Morgan fingerprint density at radius 1 is 1.73 bits per heavy atom. The fourth-order valence-electron chi connectivity index (χ4n) is 1.72. The second kappa shape index (κ2) is 5.54. The number of dihydropyridines is 1. The van der Waals surface area contributed by atoms with Crippen LogP contribution in [0.2, 0.25) is 0 Å². The Labute approximate surface area is 92.1 Å². The lowest BCUT2D eigenvalue weighted by atomic mass is 9.98. The third-order valence-corrected chi connectivity index (χ3v) is 2.55. The van der Waals surface area contributed by atoms with Crippen LogP contribution in [0.1, 0.15) is 26.2 Å². The van der Waals surface area contributed by atoms with Crippen molar-refractivity contribution in [3.63, 3.8) is 0 Å². The van der Waals surface area contributed by atoms with E-state index in [-0.39, 0.29) is 0 Å². The Morgan fingerprint density at radius 3 is 3.00 bits per heavy atom. The number of methoxy groups -OCH3 is 1. The predicted octanol–water partition coefficient (Wildman–Crippen LogP) is 3.27. The van der Waals surface area contributed by atoms with Gasteiger partial charge in [-0.05, 0) is 18.9 Å². The van der Waals surface area contributed by atoms with Gasteiger partial charge in [-0.1, -0.05) is 32.6 Å². The Bertz CT molecular complexity index is 312. The molecule has 0 saturated heterocycles. The van der Waals surface area contributed by atoms with Crippen molar-refractivity contribution in [2.75, 3.05) is 7.11 Å². The minimum atomic E-state index is 0.399. The first kappa shape index (κ1) is 11.8. The average Bonchev–Trinajstić information content (AvgIpc) is 2.28. The van der Waals surface area contributed by atoms with Crippen molar-refractivity contribution in [3.8, 4) is 0 Å². The molecule has 0 aromatic heterocycles. The smallest absolute Gasteiger partial charge is 0.120 e. The molecule has 0 bridgehead atoms. The molecule has 1 unspecified atom stereocenters. The molecule has 0 aliphatic carbocycles. The zero-order valence-corrected chi connectivity index (χ0v) is 9.62. The normalized spacial score (nSPS) is 20.3. The number of rotatable bonds is 5. The van der Waals surface area contributed by atoms with Crippen LogP contribution < -0.4 is 0 Å². The second-order valence-electron chi connectivity index (χ2n) is 3.64. The van der Waals surface area contributed by atoms with Gasteiger partial charge < -0.3 is 4.74 Å². The maximum atomic E-state index is 5.13. The summed E-state index contributed by atoms with van der Waals surface area (Å²) >= 11 is 0. The molecule has 0 spiro atoms. The molecule has 1 aliphatic heterocycles. The zero-order chi connectivity index (χ0) is 11.3. The summed E-state index contributed by atoms with van der Waals surface area (Å²) in [6.07, 6.45) is 7.19. The first-order chi connectivity index (χ1) is 7.22. The summed E-state index contributed by atoms with van der Waals surface area (Å²) in [4.78, 5) is 4.63. The molecule has 0 aromatic carbocycles. The number of hydrogen-bond donors (Lipinski definition) is 0. The van der Waals surface area contributed by atoms with E-state index in [9.17, 15) is 0 Å². The molecule has 1 heterocycles. The molecule has 0 amide bonds. The van der Waals surface area contributed by atoms with Crippen molar-refractivity contribution in [1.29, 1.82) is 0 Å². The molecular formula is C13H19NO. The topological polar surface area (TPSA) is 21.6 Å². The molecular weight excluding hydrogens is 186 g/mol. The van der Waals surface area contributed by atoms with Crippen molar-refractivity contribution in [2.24, 2.45) is 4.99 Å². The quantitative estimate of drug-likeness (QED) is 0.631. The highest BCUT2D eigenvalue weighted by Gasteiger charge is 2.16. The van der Waals surface area contributed by atoms with E-state index in [4.69, 9.17) is 4.74 Å². The molecule has 0 N–H and O–H groups in total. The van der Waals surface area contributed by atoms with E-state index in [1.165, 1.54) is 0 Å². The van der Waals surface area contributed by atoms with Crippen LogP contribution in [0.3, 0.4) is 0 Å². The highest BCUT2D eigenvalue weighted by Crippen LogP contribution is 2.22. The van der Waals surface area contributed by atoms with Crippen molar-refractivity contribution in [1.82, 2.24) is 0 Å². The molecule has 0 fully saturated rings. The lowest BCUT2D eigenvalue weighted by molar-refractivity contribution is 0.305. The molecule has 0 radical (unpaired) electrons. The lowest BCUT2D eigenvalue weighted by Gasteiger charge is -2.19. The van der Waals surface area contributed by atoms with Gasteiger partial charge in [-0.15, -0.1) is 0 Å². The third kappa shape index (κ3) is 2.82. The fraction of sp³-hybridized carbons (Fsp3) is 0.462. The van der Waals surface area contributed by atoms with Crippen molar-refractivity contribution in [3.05, 3.63) is 36.6 Å². The number of ether oxygens (including phenoxy) is 1. The zero-order valence-electron chi connectivity index (χ0n) is 9.62. The van der Waals surface area contributed by atoms with Gasteiger partial charge in [0.15, 0.2) is 0 Å². The van der Waals surface area contributed by atoms with Gasteiger partial charge in [0.05, 0.1) is 18.9 Å². The molecule has 15 heavy (non-hydrogen) atoms. The first-order valence-corrected chi connectivity index (χ1v) is 5.37. The summed E-state index contributed by atoms with van der Waals surface area (Å²) in [7, 11) is 1.63. The van der Waals surface area contributed by atoms with Crippen molar-refractivity contribution in [2.45, 2.75) is 32.2 Å². The van der Waals surface area contributed by atoms with E-state index in [1.807, 2.05) is 0 Å². The SMILES string of the molecule is C=CC1=NC(CCC)CC=C1C(=C)OC.